The third-order valence-electron chi connectivity index (χ3n) is 0. The average molecular weight is 440 g/mol. The van der Waals surface area contributed by atoms with Crippen LogP contribution in [0, 0.1) is 0 Å². The number of rotatable bonds is 0. The molecule has 0 aliphatic heterocycles. The average Bonchev–Trinajstić information content (AvgIpc) is 0.918. The van der Waals surface area contributed by atoms with Gasteiger partial charge in [-0.3, -0.25) is 0 Å². The molecule has 0 bridgehead atoms. The summed E-state index contributed by atoms with van der Waals surface area (Å²) in [7, 11) is 0. The van der Waals surface area contributed by atoms with Crippen molar-refractivity contribution >= 4 is 37.2 Å². The van der Waals surface area contributed by atoms with E-state index in [1.54, 1.807) is 0 Å². The van der Waals surface area contributed by atoms with Gasteiger partial charge in [-0.15, -0.1) is 0 Å². The molecule has 0 saturated carbocycles. The summed E-state index contributed by atoms with van der Waals surface area (Å²) in [6, 6.07) is 0. The van der Waals surface area contributed by atoms with Crippen molar-refractivity contribution in [2.24, 2.45) is 0 Å². The molecule has 0 aromatic rings. The standard InChI is InChI=1S/Co.I3/c;1-3-2/q;-1. The largest absolute Gasteiger partial charge is 0 e. The molecule has 0 nitrogen and oxygen atoms in total. The van der Waals surface area contributed by atoms with Gasteiger partial charge < -0.3 is 0 Å². The van der Waals surface area contributed by atoms with Gasteiger partial charge in [0.1, 0.15) is 0 Å². The van der Waals surface area contributed by atoms with Crippen molar-refractivity contribution in [3.63, 3.8) is 0 Å². The predicted molar refractivity (Wildman–Crippen MR) is 28.0 cm³/mol. The summed E-state index contributed by atoms with van der Waals surface area (Å²) in [6.45, 7) is 0. The van der Waals surface area contributed by atoms with Crippen LogP contribution in [-0.2, 0) is 16.8 Å². The molecule has 4 heteroatoms. The van der Waals surface area contributed by atoms with Crippen LogP contribution < -0.4 is 13.3 Å². The molecule has 1 radical (unpaired) electrons. The normalized spacial score (nSPS) is 5.50. The Balaban J connectivity index is 0. The van der Waals surface area contributed by atoms with Crippen LogP contribution in [0.4, 0.5) is 0 Å². The fourth-order valence-corrected chi connectivity index (χ4v) is 0. The number of hydrogen-bond donors (Lipinski definition) is 0. The molecule has 0 N–H and O–H groups in total. The smallest absolute Gasteiger partial charge is 0 e. The second-order valence-corrected chi connectivity index (χ2v) is 16.3. The van der Waals surface area contributed by atoms with E-state index in [1.165, 1.54) is 0 Å². The second-order valence-electron chi connectivity index (χ2n) is 0.0540. The van der Waals surface area contributed by atoms with E-state index in [2.05, 4.69) is 37.2 Å². The Morgan fingerprint density at radius 2 is 1.25 bits per heavy atom. The van der Waals surface area contributed by atoms with Crippen LogP contribution in [0.3, 0.4) is 0 Å². The van der Waals surface area contributed by atoms with Gasteiger partial charge >= 0.3 is 50.5 Å². The maximum atomic E-state index is 2.39. The first kappa shape index (κ1) is 9.85. The Hall–Kier alpha value is 2.70. The van der Waals surface area contributed by atoms with Crippen LogP contribution in [0.5, 0.6) is 0 Å². The maximum Gasteiger partial charge on any atom is 0 e. The second kappa shape index (κ2) is 9.20. The summed E-state index contributed by atoms with van der Waals surface area (Å²) < 4.78 is 0. The van der Waals surface area contributed by atoms with Crippen molar-refractivity contribution in [2.45, 2.75) is 0 Å². The zero-order valence-electron chi connectivity index (χ0n) is 1.47. The zero-order valence-corrected chi connectivity index (χ0v) is 8.98. The molecule has 0 atom stereocenters. The van der Waals surface area contributed by atoms with Gasteiger partial charge in [0, 0.05) is 16.8 Å². The number of hydrogen-bond acceptors (Lipinski definition) is 0. The van der Waals surface area contributed by atoms with E-state index in [0.717, 1.165) is 0 Å². The topological polar surface area (TPSA) is 0 Å². The van der Waals surface area contributed by atoms with E-state index in [-0.39, 0.29) is 16.8 Å². The van der Waals surface area contributed by atoms with E-state index >= 15 is 0 Å². The minimum absolute atomic E-state index is 0. The minimum atomic E-state index is 0. The summed E-state index contributed by atoms with van der Waals surface area (Å²) in [6.07, 6.45) is 0. The van der Waals surface area contributed by atoms with Gasteiger partial charge in [-0.25, -0.2) is 0 Å². The maximum absolute atomic E-state index is 2.39. The molecule has 0 fully saturated rings. The predicted octanol–water partition coefficient (Wildman–Crippen LogP) is -1.23. The van der Waals surface area contributed by atoms with E-state index in [4.69, 9.17) is 0 Å². The molecule has 0 saturated heterocycles. The molecule has 31 valence electrons. The quantitative estimate of drug-likeness (QED) is 0.415. The summed E-state index contributed by atoms with van der Waals surface area (Å²) in [5.74, 6) is 0. The van der Waals surface area contributed by atoms with Crippen LogP contribution in [0.15, 0.2) is 0 Å². The van der Waals surface area contributed by atoms with Crippen molar-refractivity contribution in [3.8, 4) is 0 Å². The molecule has 0 aliphatic carbocycles. The van der Waals surface area contributed by atoms with Crippen molar-refractivity contribution in [1.29, 1.82) is 0 Å². The van der Waals surface area contributed by atoms with Crippen LogP contribution in [0.25, 0.3) is 0 Å². The third kappa shape index (κ3) is 8.83. The van der Waals surface area contributed by atoms with E-state index < -0.39 is 0 Å². The van der Waals surface area contributed by atoms with Crippen molar-refractivity contribution < 1.29 is 30.0 Å². The van der Waals surface area contributed by atoms with Gasteiger partial charge in [0.05, 0.1) is 0 Å². The third-order valence-corrected chi connectivity index (χ3v) is 0. The molecule has 0 rings (SSSR count). The van der Waals surface area contributed by atoms with Crippen LogP contribution >= 0.6 is 37.2 Å². The van der Waals surface area contributed by atoms with Gasteiger partial charge in [0.2, 0.25) is 0 Å². The Morgan fingerprint density at radius 1 is 1.25 bits per heavy atom. The first-order valence-corrected chi connectivity index (χ1v) is 12.9. The van der Waals surface area contributed by atoms with Crippen molar-refractivity contribution in [3.05, 3.63) is 0 Å². The summed E-state index contributed by atoms with van der Waals surface area (Å²) in [5.41, 5.74) is 0. The minimum Gasteiger partial charge on any atom is 0 e. The Kier molecular flexibility index (Phi) is 22.6. The van der Waals surface area contributed by atoms with Gasteiger partial charge in [-0.05, 0) is 0 Å². The molecular weight excluding hydrogens is 440 g/mol. The Labute approximate surface area is 65.7 Å². The monoisotopic (exact) mass is 440 g/mol. The van der Waals surface area contributed by atoms with E-state index in [0.29, 0.717) is 13.3 Å². The van der Waals surface area contributed by atoms with Crippen molar-refractivity contribution in [2.75, 3.05) is 0 Å². The van der Waals surface area contributed by atoms with Crippen LogP contribution in [0.1, 0.15) is 0 Å². The van der Waals surface area contributed by atoms with E-state index in [1.807, 2.05) is 0 Å². The Morgan fingerprint density at radius 3 is 1.25 bits per heavy atom. The van der Waals surface area contributed by atoms with Gasteiger partial charge in [-0.2, -0.15) is 0 Å². The first-order chi connectivity index (χ1) is 1.41. The zero-order chi connectivity index (χ0) is 2.71. The molecule has 0 unspecified atom stereocenters. The van der Waals surface area contributed by atoms with Crippen LogP contribution in [0.2, 0.25) is 0 Å². The Bertz CT molecular complexity index is 3.25. The molecule has 0 spiro atoms. The molecule has 4 heavy (non-hydrogen) atoms. The van der Waals surface area contributed by atoms with E-state index in [9.17, 15) is 0 Å². The molecular formula is CoI3-. The summed E-state index contributed by atoms with van der Waals surface area (Å²) in [5, 5.41) is 0. The van der Waals surface area contributed by atoms with Crippen molar-refractivity contribution in [1.82, 2.24) is 0 Å². The SMILES string of the molecule is I[I-]I.[Co]. The fraction of sp³-hybridized carbons (Fsp3) is 0. The molecule has 0 aromatic carbocycles. The fourth-order valence-electron chi connectivity index (χ4n) is 0. The van der Waals surface area contributed by atoms with Gasteiger partial charge in [0.15, 0.2) is 0 Å². The van der Waals surface area contributed by atoms with Crippen LogP contribution in [-0.4, -0.2) is 0 Å². The summed E-state index contributed by atoms with van der Waals surface area (Å²) >= 11 is 5.30. The molecule has 0 heterocycles. The molecule has 0 amide bonds. The number of halogens is 3. The first-order valence-electron chi connectivity index (χ1n) is 0.286. The summed E-state index contributed by atoms with van der Waals surface area (Å²) in [4.78, 5) is 0. The molecule has 0 aliphatic rings. The molecule has 0 aromatic heterocycles. The van der Waals surface area contributed by atoms with Gasteiger partial charge in [0.25, 0.3) is 0 Å². The van der Waals surface area contributed by atoms with Gasteiger partial charge in [-0.1, -0.05) is 0 Å².